The van der Waals surface area contributed by atoms with Crippen molar-refractivity contribution in [3.8, 4) is 0 Å². The first-order chi connectivity index (χ1) is 7.32. The monoisotopic (exact) mass is 246 g/mol. The molecule has 2 atom stereocenters. The van der Waals surface area contributed by atoms with Crippen molar-refractivity contribution in [2.24, 2.45) is 5.41 Å². The van der Waals surface area contributed by atoms with Gasteiger partial charge in [-0.15, -0.1) is 0 Å². The van der Waals surface area contributed by atoms with E-state index in [1.165, 1.54) is 18.7 Å². The summed E-state index contributed by atoms with van der Waals surface area (Å²) in [5.74, 6) is 1.22. The van der Waals surface area contributed by atoms with Crippen molar-refractivity contribution < 1.29 is 0 Å². The molecule has 0 bridgehead atoms. The fourth-order valence-electron chi connectivity index (χ4n) is 1.93. The highest BCUT2D eigenvalue weighted by atomic mass is 32.2. The molecular weight excluding hydrogens is 216 g/mol. The Morgan fingerprint density at radius 2 is 1.88 bits per heavy atom. The number of rotatable bonds is 7. The molecule has 0 aliphatic heterocycles. The molecule has 0 saturated heterocycles. The van der Waals surface area contributed by atoms with Crippen LogP contribution in [0.15, 0.2) is 0 Å². The van der Waals surface area contributed by atoms with Gasteiger partial charge in [0.2, 0.25) is 0 Å². The predicted molar refractivity (Wildman–Crippen MR) is 77.4 cm³/mol. The number of hydrogen-bond donors (Lipinski definition) is 1. The Balaban J connectivity index is 4.02. The SMILES string of the molecule is CNC(CCN(C)C(C)CSC)C(C)(C)C. The van der Waals surface area contributed by atoms with Crippen molar-refractivity contribution in [2.75, 3.05) is 32.6 Å². The maximum Gasteiger partial charge on any atom is 0.0154 e. The van der Waals surface area contributed by atoms with Gasteiger partial charge < -0.3 is 10.2 Å². The van der Waals surface area contributed by atoms with Gasteiger partial charge in [0.25, 0.3) is 0 Å². The molecular formula is C13H30N2S. The lowest BCUT2D eigenvalue weighted by atomic mass is 9.85. The quantitative estimate of drug-likeness (QED) is 0.743. The van der Waals surface area contributed by atoms with Gasteiger partial charge in [-0.3, -0.25) is 0 Å². The van der Waals surface area contributed by atoms with Crippen molar-refractivity contribution in [1.29, 1.82) is 0 Å². The Kier molecular flexibility index (Phi) is 7.70. The second-order valence-electron chi connectivity index (χ2n) is 5.78. The topological polar surface area (TPSA) is 15.3 Å². The van der Waals surface area contributed by atoms with Gasteiger partial charge in [-0.25, -0.2) is 0 Å². The second-order valence-corrected chi connectivity index (χ2v) is 6.69. The lowest BCUT2D eigenvalue weighted by Gasteiger charge is -2.33. The van der Waals surface area contributed by atoms with Crippen molar-refractivity contribution in [2.45, 2.75) is 46.2 Å². The third-order valence-electron chi connectivity index (χ3n) is 3.32. The Morgan fingerprint density at radius 1 is 1.31 bits per heavy atom. The van der Waals surface area contributed by atoms with E-state index < -0.39 is 0 Å². The summed E-state index contributed by atoms with van der Waals surface area (Å²) in [5, 5.41) is 3.44. The number of nitrogens with one attached hydrogen (secondary N) is 1. The van der Waals surface area contributed by atoms with Gasteiger partial charge in [-0.05, 0) is 45.7 Å². The molecule has 3 heteroatoms. The summed E-state index contributed by atoms with van der Waals surface area (Å²) >= 11 is 1.93. The van der Waals surface area contributed by atoms with Gasteiger partial charge >= 0.3 is 0 Å². The number of hydrogen-bond acceptors (Lipinski definition) is 3. The molecule has 0 aromatic rings. The Hall–Kier alpha value is 0.270. The summed E-state index contributed by atoms with van der Waals surface area (Å²) in [4.78, 5) is 2.46. The van der Waals surface area contributed by atoms with Crippen molar-refractivity contribution in [3.05, 3.63) is 0 Å². The molecule has 0 aliphatic rings. The molecule has 0 radical (unpaired) electrons. The average Bonchev–Trinajstić information content (AvgIpc) is 2.16. The molecule has 98 valence electrons. The van der Waals surface area contributed by atoms with E-state index in [-0.39, 0.29) is 0 Å². The van der Waals surface area contributed by atoms with Crippen LogP contribution in [0.5, 0.6) is 0 Å². The van der Waals surface area contributed by atoms with E-state index in [0.717, 1.165) is 0 Å². The zero-order valence-electron chi connectivity index (χ0n) is 12.1. The molecule has 0 aliphatic carbocycles. The van der Waals surface area contributed by atoms with Crippen LogP contribution in [0.3, 0.4) is 0 Å². The summed E-state index contributed by atoms with van der Waals surface area (Å²) in [6, 6.07) is 1.27. The summed E-state index contributed by atoms with van der Waals surface area (Å²) in [6.07, 6.45) is 3.39. The first-order valence-electron chi connectivity index (χ1n) is 6.19. The lowest BCUT2D eigenvalue weighted by molar-refractivity contribution is 0.211. The minimum absolute atomic E-state index is 0.346. The van der Waals surface area contributed by atoms with Crippen LogP contribution in [0.4, 0.5) is 0 Å². The number of thioether (sulfide) groups is 1. The molecule has 0 saturated carbocycles. The Labute approximate surface area is 107 Å². The molecule has 0 fully saturated rings. The molecule has 16 heavy (non-hydrogen) atoms. The molecule has 2 unspecified atom stereocenters. The second kappa shape index (κ2) is 7.57. The van der Waals surface area contributed by atoms with Crippen LogP contribution in [-0.2, 0) is 0 Å². The van der Waals surface area contributed by atoms with Crippen molar-refractivity contribution in [3.63, 3.8) is 0 Å². The molecule has 0 amide bonds. The van der Waals surface area contributed by atoms with Crippen LogP contribution in [0.2, 0.25) is 0 Å². The van der Waals surface area contributed by atoms with Crippen LogP contribution >= 0.6 is 11.8 Å². The summed E-state index contributed by atoms with van der Waals surface area (Å²) in [5.41, 5.74) is 0.346. The minimum atomic E-state index is 0.346. The number of nitrogens with zero attached hydrogens (tertiary/aromatic N) is 1. The van der Waals surface area contributed by atoms with Gasteiger partial charge in [0.05, 0.1) is 0 Å². The highest BCUT2D eigenvalue weighted by Gasteiger charge is 2.23. The van der Waals surface area contributed by atoms with E-state index in [4.69, 9.17) is 0 Å². The highest BCUT2D eigenvalue weighted by molar-refractivity contribution is 7.98. The van der Waals surface area contributed by atoms with E-state index >= 15 is 0 Å². The smallest absolute Gasteiger partial charge is 0.0154 e. The Morgan fingerprint density at radius 3 is 2.25 bits per heavy atom. The predicted octanol–water partition coefficient (Wildman–Crippen LogP) is 2.69. The lowest BCUT2D eigenvalue weighted by Crippen LogP contribution is -2.42. The van der Waals surface area contributed by atoms with E-state index in [0.29, 0.717) is 17.5 Å². The molecule has 0 rings (SSSR count). The van der Waals surface area contributed by atoms with Crippen molar-refractivity contribution in [1.82, 2.24) is 10.2 Å². The first-order valence-corrected chi connectivity index (χ1v) is 7.58. The minimum Gasteiger partial charge on any atom is -0.316 e. The van der Waals surface area contributed by atoms with Crippen molar-refractivity contribution >= 4 is 11.8 Å². The summed E-state index contributed by atoms with van der Waals surface area (Å²) in [7, 11) is 4.30. The Bertz CT molecular complexity index is 177. The van der Waals surface area contributed by atoms with Gasteiger partial charge in [0.15, 0.2) is 0 Å². The van der Waals surface area contributed by atoms with Crippen LogP contribution in [-0.4, -0.2) is 49.6 Å². The molecule has 0 heterocycles. The first kappa shape index (κ1) is 16.3. The van der Waals surface area contributed by atoms with E-state index in [9.17, 15) is 0 Å². The third-order valence-corrected chi connectivity index (χ3v) is 4.14. The van der Waals surface area contributed by atoms with E-state index in [1.807, 2.05) is 11.8 Å². The maximum atomic E-state index is 3.44. The molecule has 1 N–H and O–H groups in total. The zero-order valence-corrected chi connectivity index (χ0v) is 12.9. The van der Waals surface area contributed by atoms with Gasteiger partial charge in [0.1, 0.15) is 0 Å². The van der Waals surface area contributed by atoms with E-state index in [2.05, 4.69) is 58.3 Å². The molecule has 2 nitrogen and oxygen atoms in total. The van der Waals surface area contributed by atoms with Crippen LogP contribution in [0.25, 0.3) is 0 Å². The largest absolute Gasteiger partial charge is 0.316 e. The third kappa shape index (κ3) is 6.12. The summed E-state index contributed by atoms with van der Waals surface area (Å²) in [6.45, 7) is 10.4. The fraction of sp³-hybridized carbons (Fsp3) is 1.00. The molecule has 0 aromatic heterocycles. The average molecular weight is 246 g/mol. The summed E-state index contributed by atoms with van der Waals surface area (Å²) < 4.78 is 0. The normalized spacial score (nSPS) is 16.5. The maximum absolute atomic E-state index is 3.44. The molecule has 0 aromatic carbocycles. The van der Waals surface area contributed by atoms with Gasteiger partial charge in [-0.2, -0.15) is 11.8 Å². The van der Waals surface area contributed by atoms with Crippen LogP contribution < -0.4 is 5.32 Å². The molecule has 0 spiro atoms. The van der Waals surface area contributed by atoms with Crippen LogP contribution in [0.1, 0.15) is 34.1 Å². The highest BCUT2D eigenvalue weighted by Crippen LogP contribution is 2.21. The van der Waals surface area contributed by atoms with Gasteiger partial charge in [-0.1, -0.05) is 20.8 Å². The zero-order chi connectivity index (χ0) is 12.8. The van der Waals surface area contributed by atoms with Gasteiger partial charge in [0, 0.05) is 17.8 Å². The standard InChI is InChI=1S/C13H30N2S/c1-11(10-16-7)15(6)9-8-12(14-5)13(2,3)4/h11-12,14H,8-10H2,1-7H3. The fourth-order valence-corrected chi connectivity index (χ4v) is 2.67. The van der Waals surface area contributed by atoms with Crippen LogP contribution in [0, 0.1) is 5.41 Å². The van der Waals surface area contributed by atoms with E-state index in [1.54, 1.807) is 0 Å².